The van der Waals surface area contributed by atoms with Crippen molar-refractivity contribution in [3.05, 3.63) is 71.1 Å². The Hall–Kier alpha value is -3.19. The molecule has 3 heterocycles. The molecule has 130 valence electrons. The maximum absolute atomic E-state index is 12.2. The Kier molecular flexibility index (Phi) is 4.37. The largest absolute Gasteiger partial charge is 0.461 e. The molecule has 7 heteroatoms. The third-order valence-corrected chi connectivity index (χ3v) is 4.58. The third-order valence-electron chi connectivity index (χ3n) is 3.69. The second-order valence-corrected chi connectivity index (χ2v) is 6.50. The molecule has 0 unspecified atom stereocenters. The molecule has 0 bridgehead atoms. The summed E-state index contributed by atoms with van der Waals surface area (Å²) in [5, 5.41) is 6.33. The number of nitrogens with zero attached hydrogens (tertiary/aromatic N) is 2. The summed E-state index contributed by atoms with van der Waals surface area (Å²) in [6, 6.07) is 13.2. The molecule has 0 fully saturated rings. The van der Waals surface area contributed by atoms with Gasteiger partial charge in [-0.15, -0.1) is 11.3 Å². The van der Waals surface area contributed by atoms with E-state index >= 15 is 0 Å². The van der Waals surface area contributed by atoms with Crippen LogP contribution in [0.4, 0.5) is 0 Å². The summed E-state index contributed by atoms with van der Waals surface area (Å²) < 4.78 is 15.7. The molecule has 0 amide bonds. The molecule has 26 heavy (non-hydrogen) atoms. The van der Waals surface area contributed by atoms with Crippen LogP contribution in [-0.2, 0) is 11.3 Å². The Balaban J connectivity index is 1.40. The van der Waals surface area contributed by atoms with Gasteiger partial charge in [0, 0.05) is 17.0 Å². The van der Waals surface area contributed by atoms with Gasteiger partial charge in [-0.25, -0.2) is 9.78 Å². The lowest BCUT2D eigenvalue weighted by Gasteiger charge is -1.99. The van der Waals surface area contributed by atoms with Crippen molar-refractivity contribution >= 4 is 17.3 Å². The minimum atomic E-state index is -0.498. The van der Waals surface area contributed by atoms with E-state index in [1.807, 2.05) is 31.2 Å². The molecule has 4 aromatic rings. The number of hydrogen-bond acceptors (Lipinski definition) is 7. The smallest absolute Gasteiger partial charge is 0.358 e. The summed E-state index contributed by atoms with van der Waals surface area (Å²) in [5.41, 5.74) is 2.92. The Morgan fingerprint density at radius 3 is 2.81 bits per heavy atom. The fourth-order valence-electron chi connectivity index (χ4n) is 2.32. The molecule has 0 radical (unpaired) electrons. The standard InChI is InChI=1S/C19H14N2O4S/c1-12-4-6-13(7-5-12)18-20-15(11-26-18)19(22)24-10-14-9-17(25-21-14)16-3-2-8-23-16/h2-9,11H,10H2,1H3. The summed E-state index contributed by atoms with van der Waals surface area (Å²) in [4.78, 5) is 16.6. The molecule has 0 saturated heterocycles. The highest BCUT2D eigenvalue weighted by atomic mass is 32.1. The van der Waals surface area contributed by atoms with Crippen LogP contribution in [0.3, 0.4) is 0 Å². The molecule has 0 aliphatic rings. The summed E-state index contributed by atoms with van der Waals surface area (Å²) in [5.74, 6) is 0.552. The lowest BCUT2D eigenvalue weighted by atomic mass is 10.2. The maximum atomic E-state index is 12.2. The predicted octanol–water partition coefficient (Wildman–Crippen LogP) is 4.72. The van der Waals surface area contributed by atoms with E-state index in [-0.39, 0.29) is 12.3 Å². The van der Waals surface area contributed by atoms with Gasteiger partial charge >= 0.3 is 5.97 Å². The van der Waals surface area contributed by atoms with Crippen LogP contribution in [0, 0.1) is 6.92 Å². The molecule has 4 rings (SSSR count). The Bertz CT molecular complexity index is 1020. The summed E-state index contributed by atoms with van der Waals surface area (Å²) >= 11 is 1.40. The molecule has 1 aromatic carbocycles. The van der Waals surface area contributed by atoms with E-state index in [2.05, 4.69) is 10.1 Å². The highest BCUT2D eigenvalue weighted by Gasteiger charge is 2.15. The maximum Gasteiger partial charge on any atom is 0.358 e. The van der Waals surface area contributed by atoms with Crippen molar-refractivity contribution in [1.82, 2.24) is 10.1 Å². The molecule has 0 aliphatic heterocycles. The van der Waals surface area contributed by atoms with Crippen molar-refractivity contribution < 1.29 is 18.5 Å². The molecule has 0 N–H and O–H groups in total. The number of aryl methyl sites for hydroxylation is 1. The molecule has 6 nitrogen and oxygen atoms in total. The minimum absolute atomic E-state index is 0.000430. The Morgan fingerprint density at radius 2 is 2.04 bits per heavy atom. The van der Waals surface area contributed by atoms with Gasteiger partial charge in [0.15, 0.2) is 11.5 Å². The first kappa shape index (κ1) is 16.3. The number of ether oxygens (including phenoxy) is 1. The van der Waals surface area contributed by atoms with Crippen molar-refractivity contribution in [3.63, 3.8) is 0 Å². The van der Waals surface area contributed by atoms with E-state index < -0.39 is 5.97 Å². The van der Waals surface area contributed by atoms with Gasteiger partial charge in [0.25, 0.3) is 0 Å². The first-order valence-electron chi connectivity index (χ1n) is 7.88. The second kappa shape index (κ2) is 6.97. The van der Waals surface area contributed by atoms with Crippen molar-refractivity contribution in [1.29, 1.82) is 0 Å². The lowest BCUT2D eigenvalue weighted by Crippen LogP contribution is -2.05. The van der Waals surface area contributed by atoms with Crippen molar-refractivity contribution in [2.45, 2.75) is 13.5 Å². The summed E-state index contributed by atoms with van der Waals surface area (Å²) in [6.45, 7) is 2.02. The number of thiazole rings is 1. The summed E-state index contributed by atoms with van der Waals surface area (Å²) in [7, 11) is 0. The van der Waals surface area contributed by atoms with Gasteiger partial charge in [0.05, 0.1) is 6.26 Å². The average molecular weight is 366 g/mol. The SMILES string of the molecule is Cc1ccc(-c2nc(C(=O)OCc3cc(-c4ccco4)on3)cs2)cc1. The van der Waals surface area contributed by atoms with E-state index in [9.17, 15) is 4.79 Å². The number of carbonyl (C=O) groups is 1. The zero-order valence-corrected chi connectivity index (χ0v) is 14.7. The molecule has 0 saturated carbocycles. The highest BCUT2D eigenvalue weighted by molar-refractivity contribution is 7.13. The van der Waals surface area contributed by atoms with Crippen molar-refractivity contribution in [2.75, 3.05) is 0 Å². The van der Waals surface area contributed by atoms with E-state index in [1.165, 1.54) is 16.9 Å². The van der Waals surface area contributed by atoms with Gasteiger partial charge in [0.1, 0.15) is 17.3 Å². The van der Waals surface area contributed by atoms with Crippen molar-refractivity contribution in [2.24, 2.45) is 0 Å². The average Bonchev–Trinajstić information content (AvgIpc) is 3.41. The topological polar surface area (TPSA) is 78.4 Å². The monoisotopic (exact) mass is 366 g/mol. The van der Waals surface area contributed by atoms with Crippen LogP contribution in [0.15, 0.2) is 63.0 Å². The molecule has 0 spiro atoms. The number of esters is 1. The summed E-state index contributed by atoms with van der Waals surface area (Å²) in [6.07, 6.45) is 1.55. The predicted molar refractivity (Wildman–Crippen MR) is 95.6 cm³/mol. The zero-order chi connectivity index (χ0) is 17.9. The quantitative estimate of drug-likeness (QED) is 0.475. The van der Waals surface area contributed by atoms with E-state index in [0.29, 0.717) is 17.2 Å². The van der Waals surface area contributed by atoms with Gasteiger partial charge in [0.2, 0.25) is 5.76 Å². The number of hydrogen-bond donors (Lipinski definition) is 0. The number of rotatable bonds is 5. The van der Waals surface area contributed by atoms with E-state index in [4.69, 9.17) is 13.7 Å². The van der Waals surface area contributed by atoms with E-state index in [1.54, 1.807) is 29.8 Å². The first-order valence-corrected chi connectivity index (χ1v) is 8.76. The van der Waals surface area contributed by atoms with Crippen LogP contribution >= 0.6 is 11.3 Å². The molecular weight excluding hydrogens is 352 g/mol. The highest BCUT2D eigenvalue weighted by Crippen LogP contribution is 2.25. The lowest BCUT2D eigenvalue weighted by molar-refractivity contribution is 0.0458. The normalized spacial score (nSPS) is 10.8. The van der Waals surface area contributed by atoms with E-state index in [0.717, 1.165) is 10.6 Å². The minimum Gasteiger partial charge on any atom is -0.461 e. The first-order chi connectivity index (χ1) is 12.7. The fourth-order valence-corrected chi connectivity index (χ4v) is 3.12. The fraction of sp³-hybridized carbons (Fsp3) is 0.105. The molecule has 0 atom stereocenters. The van der Waals surface area contributed by atoms with Crippen molar-refractivity contribution in [3.8, 4) is 22.1 Å². The zero-order valence-electron chi connectivity index (χ0n) is 13.8. The molecule has 3 aromatic heterocycles. The van der Waals surface area contributed by atoms with Crippen LogP contribution in [0.5, 0.6) is 0 Å². The number of aromatic nitrogens is 2. The van der Waals surface area contributed by atoms with Crippen LogP contribution in [0.1, 0.15) is 21.7 Å². The third kappa shape index (κ3) is 3.43. The van der Waals surface area contributed by atoms with Crippen LogP contribution in [-0.4, -0.2) is 16.1 Å². The van der Waals surface area contributed by atoms with Gasteiger partial charge in [-0.1, -0.05) is 35.0 Å². The number of benzene rings is 1. The molecule has 0 aliphatic carbocycles. The van der Waals surface area contributed by atoms with Gasteiger partial charge in [-0.2, -0.15) is 0 Å². The number of furan rings is 1. The molecular formula is C19H14N2O4S. The van der Waals surface area contributed by atoms with Crippen LogP contribution < -0.4 is 0 Å². The Labute approximate surface area is 153 Å². The number of carbonyl (C=O) groups excluding carboxylic acids is 1. The van der Waals surface area contributed by atoms with Gasteiger partial charge in [-0.3, -0.25) is 0 Å². The second-order valence-electron chi connectivity index (χ2n) is 5.64. The van der Waals surface area contributed by atoms with Crippen LogP contribution in [0.2, 0.25) is 0 Å². The van der Waals surface area contributed by atoms with Crippen LogP contribution in [0.25, 0.3) is 22.1 Å². The van der Waals surface area contributed by atoms with Gasteiger partial charge in [-0.05, 0) is 19.1 Å². The Morgan fingerprint density at radius 1 is 1.19 bits per heavy atom. The van der Waals surface area contributed by atoms with Gasteiger partial charge < -0.3 is 13.7 Å².